The molecule has 0 saturated carbocycles. The van der Waals surface area contributed by atoms with Crippen molar-refractivity contribution in [2.75, 3.05) is 17.2 Å². The number of halogens is 3. The topological polar surface area (TPSA) is 90.4 Å². The summed E-state index contributed by atoms with van der Waals surface area (Å²) < 4.78 is 39.2. The van der Waals surface area contributed by atoms with E-state index in [-0.39, 0.29) is 30.4 Å². The Morgan fingerprint density at radius 1 is 1.29 bits per heavy atom. The SMILES string of the molecule is CCNc1nc(Nc2ccc3c(c2)[C@H]2CC[C@@H]3N2C(=O)O)ncc1C(F)(F)F. The van der Waals surface area contributed by atoms with Crippen molar-refractivity contribution in [3.05, 3.63) is 41.1 Å². The van der Waals surface area contributed by atoms with E-state index in [1.54, 1.807) is 13.0 Å². The molecular formula is C18H18F3N5O2. The Hall–Kier alpha value is -3.04. The molecule has 0 spiro atoms. The third-order valence-electron chi connectivity index (χ3n) is 5.11. The predicted molar refractivity (Wildman–Crippen MR) is 95.5 cm³/mol. The van der Waals surface area contributed by atoms with E-state index in [0.29, 0.717) is 5.69 Å². The minimum absolute atomic E-state index is 0.0298. The van der Waals surface area contributed by atoms with Crippen LogP contribution < -0.4 is 10.6 Å². The molecule has 3 heterocycles. The fourth-order valence-electron chi connectivity index (χ4n) is 4.01. The number of carboxylic acid groups (broad SMARTS) is 1. The molecule has 7 nitrogen and oxygen atoms in total. The van der Waals surface area contributed by atoms with Gasteiger partial charge in [0.25, 0.3) is 0 Å². The number of aromatic nitrogens is 2. The minimum atomic E-state index is -4.55. The van der Waals surface area contributed by atoms with Crippen LogP contribution in [0.25, 0.3) is 0 Å². The van der Waals surface area contributed by atoms with Gasteiger partial charge in [-0.05, 0) is 43.0 Å². The number of rotatable bonds is 4. The summed E-state index contributed by atoms with van der Waals surface area (Å²) in [5, 5.41) is 15.0. The predicted octanol–water partition coefficient (Wildman–Crippen LogP) is 4.54. The second kappa shape index (κ2) is 6.54. The fraction of sp³-hybridized carbons (Fsp3) is 0.389. The normalized spacial score (nSPS) is 20.2. The van der Waals surface area contributed by atoms with Crippen LogP contribution in [0.2, 0.25) is 0 Å². The first-order valence-corrected chi connectivity index (χ1v) is 8.89. The Labute approximate surface area is 158 Å². The summed E-state index contributed by atoms with van der Waals surface area (Å²) in [4.78, 5) is 20.7. The summed E-state index contributed by atoms with van der Waals surface area (Å²) in [6.07, 6.45) is -3.20. The average molecular weight is 393 g/mol. The number of anilines is 3. The first-order valence-electron chi connectivity index (χ1n) is 8.89. The molecule has 0 unspecified atom stereocenters. The van der Waals surface area contributed by atoms with Crippen LogP contribution in [0, 0.1) is 0 Å². The largest absolute Gasteiger partial charge is 0.465 e. The van der Waals surface area contributed by atoms with E-state index in [2.05, 4.69) is 20.6 Å². The van der Waals surface area contributed by atoms with E-state index in [4.69, 9.17) is 0 Å². The lowest BCUT2D eigenvalue weighted by Crippen LogP contribution is -2.25. The van der Waals surface area contributed by atoms with Gasteiger partial charge < -0.3 is 15.7 Å². The molecule has 28 heavy (non-hydrogen) atoms. The standard InChI is InChI=1S/C18H18F3N5O2/c1-2-22-15-12(18(19,20)21)8-23-16(25-15)24-9-3-4-10-11(7-9)14-6-5-13(10)26(14)17(27)28/h3-4,7-8,13-14H,2,5-6H2,1H3,(H,27,28)(H2,22,23,24,25)/t13-,14+/m0/s1. The van der Waals surface area contributed by atoms with Crippen molar-refractivity contribution in [1.82, 2.24) is 14.9 Å². The van der Waals surface area contributed by atoms with E-state index in [1.165, 1.54) is 4.90 Å². The average Bonchev–Trinajstić information content (AvgIpc) is 3.18. The van der Waals surface area contributed by atoms with Crippen LogP contribution in [0.15, 0.2) is 24.4 Å². The maximum Gasteiger partial charge on any atom is 0.421 e. The van der Waals surface area contributed by atoms with Crippen LogP contribution in [-0.4, -0.2) is 32.6 Å². The Balaban J connectivity index is 1.62. The van der Waals surface area contributed by atoms with Crippen LogP contribution in [0.4, 0.5) is 35.4 Å². The number of carbonyl (C=O) groups is 1. The molecule has 2 atom stereocenters. The Kier molecular flexibility index (Phi) is 4.28. The molecule has 1 amide bonds. The molecule has 148 valence electrons. The van der Waals surface area contributed by atoms with Gasteiger partial charge in [0.2, 0.25) is 5.95 Å². The lowest BCUT2D eigenvalue weighted by molar-refractivity contribution is -0.137. The van der Waals surface area contributed by atoms with Gasteiger partial charge in [0.05, 0.1) is 12.1 Å². The third-order valence-corrected chi connectivity index (χ3v) is 5.11. The molecule has 10 heteroatoms. The molecule has 4 rings (SSSR count). The zero-order chi connectivity index (χ0) is 20.1. The molecule has 1 fully saturated rings. The summed E-state index contributed by atoms with van der Waals surface area (Å²) in [7, 11) is 0. The number of benzene rings is 1. The molecule has 3 N–H and O–H groups in total. The van der Waals surface area contributed by atoms with Crippen molar-refractivity contribution >= 4 is 23.5 Å². The van der Waals surface area contributed by atoms with Gasteiger partial charge in [-0.2, -0.15) is 18.2 Å². The molecule has 0 radical (unpaired) electrons. The summed E-state index contributed by atoms with van der Waals surface area (Å²) in [6.45, 7) is 1.96. The molecule has 1 saturated heterocycles. The van der Waals surface area contributed by atoms with Crippen molar-refractivity contribution in [3.8, 4) is 0 Å². The van der Waals surface area contributed by atoms with Gasteiger partial charge in [-0.15, -0.1) is 0 Å². The number of hydrogen-bond acceptors (Lipinski definition) is 5. The van der Waals surface area contributed by atoms with Gasteiger partial charge in [-0.3, -0.25) is 4.90 Å². The van der Waals surface area contributed by atoms with E-state index in [1.807, 2.05) is 12.1 Å². The molecule has 2 aliphatic heterocycles. The van der Waals surface area contributed by atoms with Gasteiger partial charge in [0, 0.05) is 18.4 Å². The number of hydrogen-bond donors (Lipinski definition) is 3. The summed E-state index contributed by atoms with van der Waals surface area (Å²) in [6, 6.07) is 5.11. The van der Waals surface area contributed by atoms with Crippen LogP contribution in [0.5, 0.6) is 0 Å². The first-order chi connectivity index (χ1) is 13.3. The van der Waals surface area contributed by atoms with E-state index < -0.39 is 17.8 Å². The number of amides is 1. The van der Waals surface area contributed by atoms with Crippen LogP contribution in [0.3, 0.4) is 0 Å². The van der Waals surface area contributed by atoms with Crippen molar-refractivity contribution in [2.24, 2.45) is 0 Å². The monoisotopic (exact) mass is 393 g/mol. The Morgan fingerprint density at radius 2 is 2.00 bits per heavy atom. The van der Waals surface area contributed by atoms with Gasteiger partial charge in [-0.1, -0.05) is 6.07 Å². The van der Waals surface area contributed by atoms with Crippen molar-refractivity contribution in [1.29, 1.82) is 0 Å². The van der Waals surface area contributed by atoms with Crippen molar-refractivity contribution < 1.29 is 23.1 Å². The Bertz CT molecular complexity index is 934. The summed E-state index contributed by atoms with van der Waals surface area (Å²) >= 11 is 0. The quantitative estimate of drug-likeness (QED) is 0.707. The molecule has 2 aliphatic rings. The lowest BCUT2D eigenvalue weighted by atomic mass is 9.91. The minimum Gasteiger partial charge on any atom is -0.465 e. The first kappa shape index (κ1) is 18.3. The second-order valence-electron chi connectivity index (χ2n) is 6.75. The maximum atomic E-state index is 13.1. The number of nitrogens with one attached hydrogen (secondary N) is 2. The number of nitrogens with zero attached hydrogens (tertiary/aromatic N) is 3. The Morgan fingerprint density at radius 3 is 2.64 bits per heavy atom. The second-order valence-corrected chi connectivity index (χ2v) is 6.75. The molecule has 1 aromatic heterocycles. The summed E-state index contributed by atoms with van der Waals surface area (Å²) in [5.74, 6) is -0.257. The van der Waals surface area contributed by atoms with Crippen LogP contribution in [0.1, 0.15) is 48.5 Å². The zero-order valence-corrected chi connectivity index (χ0v) is 14.9. The van der Waals surface area contributed by atoms with Crippen LogP contribution in [-0.2, 0) is 6.18 Å². The van der Waals surface area contributed by atoms with E-state index >= 15 is 0 Å². The molecule has 2 bridgehead atoms. The van der Waals surface area contributed by atoms with Crippen LogP contribution >= 0.6 is 0 Å². The molecular weight excluding hydrogens is 375 g/mol. The molecule has 1 aromatic carbocycles. The van der Waals surface area contributed by atoms with Gasteiger partial charge in [0.15, 0.2) is 0 Å². The summed E-state index contributed by atoms with van der Waals surface area (Å²) in [5.41, 5.74) is 1.57. The molecule has 0 aliphatic carbocycles. The molecule has 2 aromatic rings. The van der Waals surface area contributed by atoms with E-state index in [0.717, 1.165) is 30.2 Å². The lowest BCUT2D eigenvalue weighted by Gasteiger charge is -2.17. The number of alkyl halides is 3. The van der Waals surface area contributed by atoms with Crippen molar-refractivity contribution in [3.63, 3.8) is 0 Å². The number of fused-ring (bicyclic) bond motifs is 5. The van der Waals surface area contributed by atoms with Crippen molar-refractivity contribution in [2.45, 2.75) is 38.0 Å². The maximum absolute atomic E-state index is 13.1. The highest BCUT2D eigenvalue weighted by molar-refractivity contribution is 5.70. The third kappa shape index (κ3) is 2.98. The van der Waals surface area contributed by atoms with E-state index in [9.17, 15) is 23.1 Å². The van der Waals surface area contributed by atoms with Gasteiger partial charge >= 0.3 is 12.3 Å². The van der Waals surface area contributed by atoms with Gasteiger partial charge in [-0.25, -0.2) is 9.78 Å². The van der Waals surface area contributed by atoms with Gasteiger partial charge in [0.1, 0.15) is 11.4 Å². The zero-order valence-electron chi connectivity index (χ0n) is 14.9. The highest BCUT2D eigenvalue weighted by Crippen LogP contribution is 2.53. The highest BCUT2D eigenvalue weighted by atomic mass is 19.4. The smallest absolute Gasteiger partial charge is 0.421 e. The fourth-order valence-corrected chi connectivity index (χ4v) is 4.01. The highest BCUT2D eigenvalue weighted by Gasteiger charge is 2.46.